The predicted molar refractivity (Wildman–Crippen MR) is 102 cm³/mol. The molecule has 0 bridgehead atoms. The topological polar surface area (TPSA) is 52.6 Å². The first-order valence-corrected chi connectivity index (χ1v) is 10.1. The Morgan fingerprint density at radius 1 is 0.760 bits per heavy atom. The first-order valence-electron chi connectivity index (χ1n) is 10.1. The Balaban J connectivity index is 4.34. The second-order valence-electron chi connectivity index (χ2n) is 7.87. The van der Waals surface area contributed by atoms with E-state index >= 15 is 0 Å². The lowest BCUT2D eigenvalue weighted by molar-refractivity contribution is -0.158. The molecule has 0 radical (unpaired) electrons. The van der Waals surface area contributed by atoms with E-state index in [4.69, 9.17) is 9.47 Å². The molecule has 0 aliphatic carbocycles. The molecule has 0 aromatic rings. The molecule has 0 saturated heterocycles. The van der Waals surface area contributed by atoms with Crippen molar-refractivity contribution >= 4 is 11.9 Å². The van der Waals surface area contributed by atoms with Gasteiger partial charge in [-0.3, -0.25) is 9.59 Å². The number of carbonyl (C=O) groups is 2. The zero-order chi connectivity index (χ0) is 19.3. The molecule has 0 rings (SSSR count). The zero-order valence-corrected chi connectivity index (χ0v) is 17.4. The molecular weight excluding hydrogens is 316 g/mol. The monoisotopic (exact) mass is 356 g/mol. The maximum absolute atomic E-state index is 12.2. The molecule has 0 aliphatic heterocycles. The number of ether oxygens (including phenoxy) is 2. The van der Waals surface area contributed by atoms with E-state index in [-0.39, 0.29) is 42.4 Å². The lowest BCUT2D eigenvalue weighted by Crippen LogP contribution is -2.31. The first-order chi connectivity index (χ1) is 11.8. The van der Waals surface area contributed by atoms with Crippen LogP contribution in [0.2, 0.25) is 0 Å². The van der Waals surface area contributed by atoms with Gasteiger partial charge in [-0.15, -0.1) is 0 Å². The summed E-state index contributed by atoms with van der Waals surface area (Å²) in [5.41, 5.74) is -0.364. The van der Waals surface area contributed by atoms with E-state index in [2.05, 4.69) is 13.8 Å². The van der Waals surface area contributed by atoms with Gasteiger partial charge in [0.05, 0.1) is 25.0 Å². The van der Waals surface area contributed by atoms with Gasteiger partial charge in [-0.05, 0) is 25.7 Å². The molecule has 2 atom stereocenters. The highest BCUT2D eigenvalue weighted by molar-refractivity contribution is 5.73. The van der Waals surface area contributed by atoms with E-state index in [1.807, 2.05) is 27.7 Å². The Morgan fingerprint density at radius 2 is 1.12 bits per heavy atom. The molecule has 0 saturated carbocycles. The minimum Gasteiger partial charge on any atom is -0.465 e. The van der Waals surface area contributed by atoms with Gasteiger partial charge in [0.1, 0.15) is 0 Å². The second-order valence-corrected chi connectivity index (χ2v) is 7.87. The summed E-state index contributed by atoms with van der Waals surface area (Å²) in [6.45, 7) is 12.8. The number of hydrogen-bond acceptors (Lipinski definition) is 4. The summed E-state index contributed by atoms with van der Waals surface area (Å²) in [6.07, 6.45) is 7.65. The van der Waals surface area contributed by atoms with Gasteiger partial charge in [-0.1, -0.05) is 67.2 Å². The van der Waals surface area contributed by atoms with Crippen molar-refractivity contribution in [2.24, 2.45) is 17.3 Å². The van der Waals surface area contributed by atoms with Crippen LogP contribution in [0, 0.1) is 17.3 Å². The third-order valence-electron chi connectivity index (χ3n) is 4.67. The summed E-state index contributed by atoms with van der Waals surface area (Å²) in [5, 5.41) is 0. The van der Waals surface area contributed by atoms with Gasteiger partial charge in [0.2, 0.25) is 0 Å². The molecule has 0 N–H and O–H groups in total. The Kier molecular flexibility index (Phi) is 12.6. The van der Waals surface area contributed by atoms with Gasteiger partial charge in [0.15, 0.2) is 0 Å². The molecule has 1 unspecified atom stereocenters. The average Bonchev–Trinajstić information content (AvgIpc) is 2.59. The van der Waals surface area contributed by atoms with Crippen LogP contribution in [0.5, 0.6) is 0 Å². The lowest BCUT2D eigenvalue weighted by atomic mass is 9.95. The van der Waals surface area contributed by atoms with Crippen molar-refractivity contribution in [1.82, 2.24) is 0 Å². The smallest absolute Gasteiger partial charge is 0.308 e. The number of rotatable bonds is 14. The van der Waals surface area contributed by atoms with Crippen molar-refractivity contribution in [2.75, 3.05) is 13.2 Å². The van der Waals surface area contributed by atoms with Crippen LogP contribution in [-0.2, 0) is 19.1 Å². The fraction of sp³-hybridized carbons (Fsp3) is 0.905. The maximum Gasteiger partial charge on any atom is 0.308 e. The summed E-state index contributed by atoms with van der Waals surface area (Å²) in [7, 11) is 0. The van der Waals surface area contributed by atoms with Gasteiger partial charge >= 0.3 is 11.9 Å². The van der Waals surface area contributed by atoms with Crippen LogP contribution in [0.25, 0.3) is 0 Å². The van der Waals surface area contributed by atoms with E-state index in [0.29, 0.717) is 0 Å². The van der Waals surface area contributed by atoms with Crippen molar-refractivity contribution in [3.05, 3.63) is 0 Å². The van der Waals surface area contributed by atoms with Crippen molar-refractivity contribution in [1.29, 1.82) is 0 Å². The third-order valence-corrected chi connectivity index (χ3v) is 4.67. The molecule has 4 heteroatoms. The zero-order valence-electron chi connectivity index (χ0n) is 17.4. The molecular formula is C21H40O4. The van der Waals surface area contributed by atoms with E-state index < -0.39 is 0 Å². The largest absolute Gasteiger partial charge is 0.465 e. The minimum absolute atomic E-state index is 0.0168. The van der Waals surface area contributed by atoms with Gasteiger partial charge < -0.3 is 9.47 Å². The van der Waals surface area contributed by atoms with Crippen LogP contribution in [0.1, 0.15) is 92.9 Å². The normalized spacial score (nSPS) is 14.0. The number of unbranched alkanes of at least 4 members (excludes halogenated alkanes) is 2. The minimum atomic E-state index is -0.364. The van der Waals surface area contributed by atoms with E-state index in [9.17, 15) is 9.59 Å². The molecule has 0 heterocycles. The average molecular weight is 357 g/mol. The summed E-state index contributed by atoms with van der Waals surface area (Å²) >= 11 is 0. The molecule has 0 spiro atoms. The molecule has 0 aromatic heterocycles. The highest BCUT2D eigenvalue weighted by atomic mass is 16.5. The Bertz CT molecular complexity index is 342. The van der Waals surface area contributed by atoms with Crippen molar-refractivity contribution < 1.29 is 19.1 Å². The summed E-state index contributed by atoms with van der Waals surface area (Å²) in [4.78, 5) is 24.4. The standard InChI is InChI=1S/C21H40O4/c1-7-11-13-17(9-3)19(22)24-15-21(5,6)16-25-20(23)18(10-4)14-12-8-2/h17-18H,7-16H2,1-6H3/t17-,18?/m0/s1. The number of hydrogen-bond donors (Lipinski definition) is 0. The summed E-state index contributed by atoms with van der Waals surface area (Å²) < 4.78 is 11.0. The molecule has 148 valence electrons. The van der Waals surface area contributed by atoms with Crippen molar-refractivity contribution in [3.63, 3.8) is 0 Å². The lowest BCUT2D eigenvalue weighted by Gasteiger charge is -2.26. The highest BCUT2D eigenvalue weighted by Crippen LogP contribution is 2.21. The number of esters is 2. The Labute approximate surface area is 155 Å². The fourth-order valence-electron chi connectivity index (χ4n) is 2.69. The molecule has 0 aliphatic rings. The number of carbonyl (C=O) groups excluding carboxylic acids is 2. The SMILES string of the molecule is CCCCC(CC)C(=O)OCC(C)(C)COC(=O)[C@@H](CC)CCCC. The van der Waals surface area contributed by atoms with Gasteiger partial charge in [0.25, 0.3) is 0 Å². The molecule has 0 aromatic carbocycles. The third kappa shape index (κ3) is 10.5. The summed E-state index contributed by atoms with van der Waals surface area (Å²) in [5.74, 6) is -0.275. The van der Waals surface area contributed by atoms with Crippen molar-refractivity contribution in [2.45, 2.75) is 92.9 Å². The van der Waals surface area contributed by atoms with Gasteiger partial charge in [-0.2, -0.15) is 0 Å². The van der Waals surface area contributed by atoms with Crippen LogP contribution in [-0.4, -0.2) is 25.2 Å². The molecule has 0 amide bonds. The fourth-order valence-corrected chi connectivity index (χ4v) is 2.69. The molecule has 25 heavy (non-hydrogen) atoms. The van der Waals surface area contributed by atoms with Gasteiger partial charge in [0, 0.05) is 5.41 Å². The highest BCUT2D eigenvalue weighted by Gasteiger charge is 2.27. The Morgan fingerprint density at radius 3 is 1.40 bits per heavy atom. The first kappa shape index (κ1) is 23.9. The van der Waals surface area contributed by atoms with Crippen LogP contribution in [0.4, 0.5) is 0 Å². The van der Waals surface area contributed by atoms with E-state index in [1.54, 1.807) is 0 Å². The predicted octanol–water partition coefficient (Wildman–Crippen LogP) is 5.53. The van der Waals surface area contributed by atoms with Crippen LogP contribution in [0.15, 0.2) is 0 Å². The molecule has 4 nitrogen and oxygen atoms in total. The quantitative estimate of drug-likeness (QED) is 0.384. The molecule has 0 fully saturated rings. The van der Waals surface area contributed by atoms with E-state index in [1.165, 1.54) is 0 Å². The van der Waals surface area contributed by atoms with Crippen LogP contribution < -0.4 is 0 Å². The Hall–Kier alpha value is -1.06. The van der Waals surface area contributed by atoms with Crippen molar-refractivity contribution in [3.8, 4) is 0 Å². The van der Waals surface area contributed by atoms with E-state index in [0.717, 1.165) is 51.4 Å². The van der Waals surface area contributed by atoms with Crippen LogP contribution >= 0.6 is 0 Å². The van der Waals surface area contributed by atoms with Gasteiger partial charge in [-0.25, -0.2) is 0 Å². The summed E-state index contributed by atoms with van der Waals surface area (Å²) in [6, 6.07) is 0. The second kappa shape index (κ2) is 13.2. The van der Waals surface area contributed by atoms with Crippen LogP contribution in [0.3, 0.4) is 0 Å². The maximum atomic E-state index is 12.2.